The number of benzene rings is 1. The number of hydrogen-bond acceptors (Lipinski definition) is 4. The van der Waals surface area contributed by atoms with E-state index in [1.54, 1.807) is 30.3 Å². The van der Waals surface area contributed by atoms with Gasteiger partial charge >= 0.3 is 17.9 Å². The lowest BCUT2D eigenvalue weighted by Crippen LogP contribution is -2.45. The molecule has 0 aliphatic rings. The number of methoxy groups -OCH3 is 1. The number of rotatable bonds is 6. The van der Waals surface area contributed by atoms with Gasteiger partial charge in [-0.25, -0.2) is 4.79 Å². The molecule has 0 radical (unpaired) electrons. The van der Waals surface area contributed by atoms with Crippen LogP contribution in [0.4, 0.5) is 8.78 Å². The second-order valence-electron chi connectivity index (χ2n) is 4.54. The van der Waals surface area contributed by atoms with Crippen molar-refractivity contribution in [3.63, 3.8) is 0 Å². The molecular formula is C15H18F2O4. The second-order valence-corrected chi connectivity index (χ2v) is 4.54. The quantitative estimate of drug-likeness (QED) is 0.758. The summed E-state index contributed by atoms with van der Waals surface area (Å²) in [5.41, 5.74) is 0.511. The van der Waals surface area contributed by atoms with Gasteiger partial charge in [0.2, 0.25) is 0 Å². The van der Waals surface area contributed by atoms with Gasteiger partial charge in [-0.3, -0.25) is 4.79 Å². The smallest absolute Gasteiger partial charge is 0.377 e. The molecule has 116 valence electrons. The highest BCUT2D eigenvalue weighted by molar-refractivity contribution is 5.86. The SMILES string of the molecule is CCOC(=O)C(F)(F)C(C(=O)OC)C(C)c1ccccc1. The van der Waals surface area contributed by atoms with E-state index >= 15 is 0 Å². The fourth-order valence-electron chi connectivity index (χ4n) is 2.10. The van der Waals surface area contributed by atoms with Crippen molar-refractivity contribution in [2.45, 2.75) is 25.7 Å². The Hall–Kier alpha value is -1.98. The van der Waals surface area contributed by atoms with Crippen molar-refractivity contribution in [2.24, 2.45) is 5.92 Å². The molecule has 0 spiro atoms. The highest BCUT2D eigenvalue weighted by Crippen LogP contribution is 2.38. The fraction of sp³-hybridized carbons (Fsp3) is 0.467. The van der Waals surface area contributed by atoms with E-state index in [2.05, 4.69) is 9.47 Å². The average Bonchev–Trinajstić information content (AvgIpc) is 2.48. The predicted molar refractivity (Wildman–Crippen MR) is 71.9 cm³/mol. The third-order valence-electron chi connectivity index (χ3n) is 3.22. The van der Waals surface area contributed by atoms with Crippen molar-refractivity contribution < 1.29 is 27.8 Å². The third-order valence-corrected chi connectivity index (χ3v) is 3.22. The minimum atomic E-state index is -3.96. The molecule has 0 saturated carbocycles. The largest absolute Gasteiger partial charge is 0.469 e. The molecule has 0 N–H and O–H groups in total. The number of hydrogen-bond donors (Lipinski definition) is 0. The highest BCUT2D eigenvalue weighted by Gasteiger charge is 2.55. The van der Waals surface area contributed by atoms with Gasteiger partial charge in [-0.05, 0) is 12.5 Å². The number of halogens is 2. The molecule has 0 fully saturated rings. The Morgan fingerprint density at radius 1 is 1.24 bits per heavy atom. The van der Waals surface area contributed by atoms with Crippen molar-refractivity contribution in [1.29, 1.82) is 0 Å². The lowest BCUT2D eigenvalue weighted by Gasteiger charge is -2.28. The lowest BCUT2D eigenvalue weighted by atomic mass is 9.83. The molecular weight excluding hydrogens is 282 g/mol. The molecule has 1 aromatic rings. The van der Waals surface area contributed by atoms with Crippen molar-refractivity contribution >= 4 is 11.9 Å². The van der Waals surface area contributed by atoms with E-state index in [-0.39, 0.29) is 6.61 Å². The first-order valence-electron chi connectivity index (χ1n) is 6.54. The third kappa shape index (κ3) is 3.77. The zero-order valence-corrected chi connectivity index (χ0v) is 12.1. The van der Waals surface area contributed by atoms with Gasteiger partial charge in [-0.2, -0.15) is 8.78 Å². The summed E-state index contributed by atoms with van der Waals surface area (Å²) in [6.07, 6.45) is 0. The van der Waals surface area contributed by atoms with Gasteiger partial charge in [-0.1, -0.05) is 37.3 Å². The zero-order chi connectivity index (χ0) is 16.0. The summed E-state index contributed by atoms with van der Waals surface area (Å²) >= 11 is 0. The Bertz CT molecular complexity index is 488. The predicted octanol–water partition coefficient (Wildman–Crippen LogP) is 2.78. The van der Waals surface area contributed by atoms with Crippen LogP contribution in [0.1, 0.15) is 25.3 Å². The maximum absolute atomic E-state index is 14.3. The van der Waals surface area contributed by atoms with Gasteiger partial charge in [0.25, 0.3) is 0 Å². The first-order valence-corrected chi connectivity index (χ1v) is 6.54. The van der Waals surface area contributed by atoms with Crippen molar-refractivity contribution in [1.82, 2.24) is 0 Å². The molecule has 6 heteroatoms. The Morgan fingerprint density at radius 2 is 1.81 bits per heavy atom. The highest BCUT2D eigenvalue weighted by atomic mass is 19.3. The molecule has 0 amide bonds. The molecule has 0 bridgehead atoms. The monoisotopic (exact) mass is 300 g/mol. The Balaban J connectivity index is 3.17. The molecule has 0 saturated heterocycles. The summed E-state index contributed by atoms with van der Waals surface area (Å²) in [7, 11) is 1.01. The molecule has 0 heterocycles. The van der Waals surface area contributed by atoms with E-state index in [9.17, 15) is 18.4 Å². The summed E-state index contributed by atoms with van der Waals surface area (Å²) in [5, 5.41) is 0. The Labute approximate surface area is 122 Å². The van der Waals surface area contributed by atoms with Gasteiger partial charge in [-0.15, -0.1) is 0 Å². The number of alkyl halides is 2. The van der Waals surface area contributed by atoms with Crippen LogP contribution in [-0.4, -0.2) is 31.6 Å². The van der Waals surface area contributed by atoms with Crippen molar-refractivity contribution in [2.75, 3.05) is 13.7 Å². The molecule has 0 aliphatic carbocycles. The van der Waals surface area contributed by atoms with E-state index < -0.39 is 29.7 Å². The van der Waals surface area contributed by atoms with Crippen LogP contribution < -0.4 is 0 Å². The molecule has 2 unspecified atom stereocenters. The molecule has 0 aliphatic heterocycles. The Kier molecular flexibility index (Phi) is 5.81. The van der Waals surface area contributed by atoms with Crippen LogP contribution in [-0.2, 0) is 19.1 Å². The molecule has 0 aromatic heterocycles. The topological polar surface area (TPSA) is 52.6 Å². The van der Waals surface area contributed by atoms with Crippen molar-refractivity contribution in [3.8, 4) is 0 Å². The summed E-state index contributed by atoms with van der Waals surface area (Å²) in [6.45, 7) is 2.67. The van der Waals surface area contributed by atoms with Gasteiger partial charge in [0.15, 0.2) is 0 Å². The molecule has 1 rings (SSSR count). The Morgan fingerprint density at radius 3 is 2.29 bits per heavy atom. The average molecular weight is 300 g/mol. The number of carbonyl (C=O) groups is 2. The molecule has 1 aromatic carbocycles. The normalized spacial score (nSPS) is 14.1. The molecule has 21 heavy (non-hydrogen) atoms. The van der Waals surface area contributed by atoms with E-state index in [0.717, 1.165) is 7.11 Å². The van der Waals surface area contributed by atoms with E-state index in [1.165, 1.54) is 13.8 Å². The first kappa shape index (κ1) is 17.1. The minimum Gasteiger partial charge on any atom is -0.469 e. The summed E-state index contributed by atoms with van der Waals surface area (Å²) < 4.78 is 37.3. The maximum atomic E-state index is 14.3. The van der Waals surface area contributed by atoms with Crippen LogP contribution in [0, 0.1) is 5.92 Å². The van der Waals surface area contributed by atoms with Crippen LogP contribution in [0.15, 0.2) is 30.3 Å². The number of esters is 2. The first-order chi connectivity index (χ1) is 9.86. The second kappa shape index (κ2) is 7.15. The summed E-state index contributed by atoms with van der Waals surface area (Å²) in [4.78, 5) is 23.3. The van der Waals surface area contributed by atoms with Gasteiger partial charge in [0, 0.05) is 5.92 Å². The maximum Gasteiger partial charge on any atom is 0.377 e. The van der Waals surface area contributed by atoms with Crippen molar-refractivity contribution in [3.05, 3.63) is 35.9 Å². The van der Waals surface area contributed by atoms with Crippen LogP contribution in [0.3, 0.4) is 0 Å². The van der Waals surface area contributed by atoms with E-state index in [1.807, 2.05) is 0 Å². The van der Waals surface area contributed by atoms with E-state index in [0.29, 0.717) is 5.56 Å². The van der Waals surface area contributed by atoms with Gasteiger partial charge in [0.05, 0.1) is 13.7 Å². The summed E-state index contributed by atoms with van der Waals surface area (Å²) in [5.74, 6) is -9.67. The van der Waals surface area contributed by atoms with Gasteiger partial charge < -0.3 is 9.47 Å². The van der Waals surface area contributed by atoms with Crippen LogP contribution in [0.25, 0.3) is 0 Å². The van der Waals surface area contributed by atoms with Crippen LogP contribution in [0.2, 0.25) is 0 Å². The molecule has 2 atom stereocenters. The van der Waals surface area contributed by atoms with Gasteiger partial charge in [0.1, 0.15) is 5.92 Å². The number of ether oxygens (including phenoxy) is 2. The summed E-state index contributed by atoms with van der Waals surface area (Å²) in [6, 6.07) is 8.29. The minimum absolute atomic E-state index is 0.192. The standard InChI is InChI=1S/C15H18F2O4/c1-4-21-14(19)15(16,17)12(13(18)20-3)10(2)11-8-6-5-7-9-11/h5-10,12H,4H2,1-3H3. The lowest BCUT2D eigenvalue weighted by molar-refractivity contribution is -0.189. The fourth-order valence-corrected chi connectivity index (χ4v) is 2.10. The van der Waals surface area contributed by atoms with Crippen LogP contribution in [0.5, 0.6) is 0 Å². The zero-order valence-electron chi connectivity index (χ0n) is 12.1. The van der Waals surface area contributed by atoms with E-state index in [4.69, 9.17) is 0 Å². The van der Waals surface area contributed by atoms with Crippen LogP contribution >= 0.6 is 0 Å². The number of carbonyl (C=O) groups excluding carboxylic acids is 2. The molecule has 4 nitrogen and oxygen atoms in total.